The van der Waals surface area contributed by atoms with Crippen molar-refractivity contribution in [2.45, 2.75) is 18.6 Å². The fourth-order valence-electron chi connectivity index (χ4n) is 4.23. The second-order valence-corrected chi connectivity index (χ2v) is 8.57. The van der Waals surface area contributed by atoms with Gasteiger partial charge in [-0.25, -0.2) is 9.59 Å². The van der Waals surface area contributed by atoms with E-state index in [2.05, 4.69) is 15.3 Å². The van der Waals surface area contributed by atoms with E-state index in [9.17, 15) is 19.8 Å². The Kier molecular flexibility index (Phi) is 6.17. The molecule has 0 radical (unpaired) electrons. The highest BCUT2D eigenvalue weighted by Crippen LogP contribution is 2.41. The molecule has 10 heteroatoms. The molecule has 0 bridgehead atoms. The van der Waals surface area contributed by atoms with Gasteiger partial charge in [-0.1, -0.05) is 12.1 Å². The summed E-state index contributed by atoms with van der Waals surface area (Å²) in [4.78, 5) is 34.0. The van der Waals surface area contributed by atoms with Crippen molar-refractivity contribution < 1.29 is 24.2 Å². The van der Waals surface area contributed by atoms with Crippen LogP contribution in [0.5, 0.6) is 0 Å². The summed E-state index contributed by atoms with van der Waals surface area (Å²) in [5.74, 6) is -1.56. The Bertz CT molecular complexity index is 1410. The number of rotatable bonds is 7. The molecule has 4 heterocycles. The first-order valence-electron chi connectivity index (χ1n) is 11.0. The van der Waals surface area contributed by atoms with Crippen LogP contribution in [-0.4, -0.2) is 42.1 Å². The standard InChI is InChI=1S/C26H20N4O5S/c31-24(32)16-11-15(12-17(13-16)25(33)34)20-7-8-21(35-20)23-22(19-6-2-4-10-28-19)29-26(36)30(23)14-18-5-1-3-9-27-18/h1-13,22-23H,14H2,(H,29,36)(H,31,32)(H,33,34)/t22-,23+/m0/s1. The van der Waals surface area contributed by atoms with Crippen LogP contribution >= 0.6 is 12.2 Å². The molecule has 1 aliphatic rings. The molecule has 5 rings (SSSR count). The normalized spacial score (nSPS) is 17.1. The van der Waals surface area contributed by atoms with Gasteiger partial charge in [-0.15, -0.1) is 0 Å². The van der Waals surface area contributed by atoms with Gasteiger partial charge in [0.05, 0.1) is 35.1 Å². The Morgan fingerprint density at radius 2 is 1.64 bits per heavy atom. The summed E-state index contributed by atoms with van der Waals surface area (Å²) in [7, 11) is 0. The Labute approximate surface area is 211 Å². The number of furan rings is 1. The van der Waals surface area contributed by atoms with E-state index >= 15 is 0 Å². The summed E-state index contributed by atoms with van der Waals surface area (Å²) in [6, 6.07) is 17.9. The molecule has 0 amide bonds. The molecule has 0 saturated carbocycles. The number of hydrogen-bond donors (Lipinski definition) is 3. The molecule has 3 aromatic heterocycles. The monoisotopic (exact) mass is 500 g/mol. The van der Waals surface area contributed by atoms with E-state index in [0.717, 1.165) is 17.5 Å². The van der Waals surface area contributed by atoms with Crippen molar-refractivity contribution in [2.24, 2.45) is 0 Å². The molecular formula is C26H20N4O5S. The maximum absolute atomic E-state index is 11.6. The first-order valence-corrected chi connectivity index (χ1v) is 11.4. The van der Waals surface area contributed by atoms with Gasteiger partial charge in [-0.3, -0.25) is 9.97 Å². The minimum atomic E-state index is -1.23. The molecule has 0 spiro atoms. The summed E-state index contributed by atoms with van der Waals surface area (Å²) < 4.78 is 6.22. The Balaban J connectivity index is 1.56. The first-order chi connectivity index (χ1) is 17.4. The summed E-state index contributed by atoms with van der Waals surface area (Å²) in [5, 5.41) is 22.7. The number of carboxylic acids is 2. The van der Waals surface area contributed by atoms with Gasteiger partial charge in [0.2, 0.25) is 0 Å². The largest absolute Gasteiger partial charge is 0.478 e. The molecule has 2 atom stereocenters. The smallest absolute Gasteiger partial charge is 0.335 e. The Morgan fingerprint density at radius 3 is 2.25 bits per heavy atom. The van der Waals surface area contributed by atoms with Crippen LogP contribution in [0.1, 0.15) is 49.9 Å². The number of hydrogen-bond acceptors (Lipinski definition) is 6. The van der Waals surface area contributed by atoms with Gasteiger partial charge >= 0.3 is 11.9 Å². The second-order valence-electron chi connectivity index (χ2n) is 8.19. The van der Waals surface area contributed by atoms with Gasteiger partial charge in [-0.05, 0) is 66.8 Å². The summed E-state index contributed by atoms with van der Waals surface area (Å²) >= 11 is 5.67. The lowest BCUT2D eigenvalue weighted by Crippen LogP contribution is -2.29. The van der Waals surface area contributed by atoms with Gasteiger partial charge in [0.1, 0.15) is 17.6 Å². The zero-order valence-corrected chi connectivity index (χ0v) is 19.6. The molecule has 36 heavy (non-hydrogen) atoms. The lowest BCUT2D eigenvalue weighted by Gasteiger charge is -2.25. The lowest BCUT2D eigenvalue weighted by atomic mass is 10.0. The van der Waals surface area contributed by atoms with Crippen LogP contribution in [-0.2, 0) is 6.54 Å². The van der Waals surface area contributed by atoms with Crippen molar-refractivity contribution in [3.8, 4) is 11.3 Å². The van der Waals surface area contributed by atoms with Gasteiger partial charge in [0, 0.05) is 18.0 Å². The van der Waals surface area contributed by atoms with E-state index in [1.54, 1.807) is 24.5 Å². The number of thiocarbonyl (C=S) groups is 1. The fraction of sp³-hybridized carbons (Fsp3) is 0.115. The fourth-order valence-corrected chi connectivity index (χ4v) is 4.54. The highest BCUT2D eigenvalue weighted by Gasteiger charge is 2.41. The van der Waals surface area contributed by atoms with Crippen LogP contribution in [0.25, 0.3) is 11.3 Å². The van der Waals surface area contributed by atoms with E-state index in [-0.39, 0.29) is 23.2 Å². The number of aromatic nitrogens is 2. The summed E-state index contributed by atoms with van der Waals surface area (Å²) in [6.45, 7) is 0.425. The third-order valence-corrected chi connectivity index (χ3v) is 6.24. The predicted octanol–water partition coefficient (Wildman–Crippen LogP) is 4.31. The van der Waals surface area contributed by atoms with Gasteiger partial charge in [0.15, 0.2) is 5.11 Å². The molecule has 3 N–H and O–H groups in total. The lowest BCUT2D eigenvalue weighted by molar-refractivity contribution is 0.0696. The third-order valence-electron chi connectivity index (χ3n) is 5.89. The summed E-state index contributed by atoms with van der Waals surface area (Å²) in [6.07, 6.45) is 3.42. The van der Waals surface area contributed by atoms with Crippen LogP contribution in [0.2, 0.25) is 0 Å². The Hall–Kier alpha value is -4.57. The minimum Gasteiger partial charge on any atom is -0.478 e. The van der Waals surface area contributed by atoms with Crippen LogP contribution in [0.15, 0.2) is 83.5 Å². The van der Waals surface area contributed by atoms with Crippen LogP contribution in [0.3, 0.4) is 0 Å². The van der Waals surface area contributed by atoms with Gasteiger partial charge in [0.25, 0.3) is 0 Å². The van der Waals surface area contributed by atoms with Gasteiger partial charge < -0.3 is 24.8 Å². The number of nitrogens with one attached hydrogen (secondary N) is 1. The van der Waals surface area contributed by atoms with E-state index in [1.165, 1.54) is 12.1 Å². The number of carbonyl (C=O) groups is 2. The predicted molar refractivity (Wildman–Crippen MR) is 133 cm³/mol. The topological polar surface area (TPSA) is 129 Å². The number of benzene rings is 1. The van der Waals surface area contributed by atoms with Crippen molar-refractivity contribution in [3.63, 3.8) is 0 Å². The van der Waals surface area contributed by atoms with Crippen molar-refractivity contribution in [1.29, 1.82) is 0 Å². The number of nitrogens with zero attached hydrogens (tertiary/aromatic N) is 3. The number of aromatic carboxylic acids is 2. The zero-order chi connectivity index (χ0) is 25.2. The van der Waals surface area contributed by atoms with Crippen molar-refractivity contribution in [2.75, 3.05) is 0 Å². The van der Waals surface area contributed by atoms with E-state index in [1.807, 2.05) is 41.3 Å². The molecule has 180 valence electrons. The molecule has 1 fully saturated rings. The Morgan fingerprint density at radius 1 is 0.944 bits per heavy atom. The quantitative estimate of drug-likeness (QED) is 0.316. The highest BCUT2D eigenvalue weighted by molar-refractivity contribution is 7.80. The maximum Gasteiger partial charge on any atom is 0.335 e. The number of carboxylic acid groups (broad SMARTS) is 2. The van der Waals surface area contributed by atoms with E-state index in [4.69, 9.17) is 16.6 Å². The van der Waals surface area contributed by atoms with Crippen molar-refractivity contribution >= 4 is 29.3 Å². The molecule has 4 aromatic rings. The second kappa shape index (κ2) is 9.59. The first kappa shape index (κ1) is 23.2. The van der Waals surface area contributed by atoms with Crippen LogP contribution in [0.4, 0.5) is 0 Å². The molecule has 0 aliphatic carbocycles. The average Bonchev–Trinajstić information content (AvgIpc) is 3.50. The van der Waals surface area contributed by atoms with Crippen molar-refractivity contribution in [3.05, 3.63) is 107 Å². The SMILES string of the molecule is O=C(O)c1cc(C(=O)O)cc(-c2ccc([C@@H]3[C@H](c4ccccn4)NC(=S)N3Cc3ccccn3)o2)c1. The highest BCUT2D eigenvalue weighted by atomic mass is 32.1. The maximum atomic E-state index is 11.6. The molecule has 1 saturated heterocycles. The van der Waals surface area contributed by atoms with Crippen LogP contribution < -0.4 is 5.32 Å². The molecular weight excluding hydrogens is 480 g/mol. The van der Waals surface area contributed by atoms with E-state index < -0.39 is 11.9 Å². The van der Waals surface area contributed by atoms with E-state index in [0.29, 0.717) is 28.7 Å². The van der Waals surface area contributed by atoms with Crippen LogP contribution in [0, 0.1) is 0 Å². The molecule has 0 unspecified atom stereocenters. The molecule has 1 aromatic carbocycles. The zero-order valence-electron chi connectivity index (χ0n) is 18.7. The van der Waals surface area contributed by atoms with Gasteiger partial charge in [-0.2, -0.15) is 0 Å². The average molecular weight is 501 g/mol. The minimum absolute atomic E-state index is 0.144. The third kappa shape index (κ3) is 4.53. The van der Waals surface area contributed by atoms with Crippen molar-refractivity contribution in [1.82, 2.24) is 20.2 Å². The molecule has 1 aliphatic heterocycles. The number of pyridine rings is 2. The molecule has 9 nitrogen and oxygen atoms in total. The summed E-state index contributed by atoms with van der Waals surface area (Å²) in [5.41, 5.74) is 1.65.